The van der Waals surface area contributed by atoms with Crippen molar-refractivity contribution in [2.75, 3.05) is 19.1 Å². The van der Waals surface area contributed by atoms with Gasteiger partial charge in [-0.3, -0.25) is 0 Å². The second-order valence-electron chi connectivity index (χ2n) is 5.79. The van der Waals surface area contributed by atoms with Gasteiger partial charge in [0.25, 0.3) is 0 Å². The van der Waals surface area contributed by atoms with E-state index in [0.717, 1.165) is 29.2 Å². The molecule has 0 aliphatic rings. The SMILES string of the molecule is COc1cc(Cl)ccc1CNCc1ccc(N(C)C(C)C)nc1. The summed E-state index contributed by atoms with van der Waals surface area (Å²) in [6.45, 7) is 5.77. The molecule has 1 aromatic carbocycles. The van der Waals surface area contributed by atoms with Gasteiger partial charge in [-0.15, -0.1) is 0 Å². The van der Waals surface area contributed by atoms with E-state index in [1.165, 1.54) is 0 Å². The van der Waals surface area contributed by atoms with Crippen LogP contribution >= 0.6 is 11.6 Å². The Morgan fingerprint density at radius 2 is 2.00 bits per heavy atom. The number of rotatable bonds is 7. The van der Waals surface area contributed by atoms with E-state index in [0.29, 0.717) is 17.6 Å². The molecule has 124 valence electrons. The Bertz CT molecular complexity index is 629. The lowest BCUT2D eigenvalue weighted by Crippen LogP contribution is -2.26. The van der Waals surface area contributed by atoms with E-state index in [2.05, 4.69) is 48.2 Å². The van der Waals surface area contributed by atoms with Gasteiger partial charge in [-0.2, -0.15) is 0 Å². The van der Waals surface area contributed by atoms with Crippen molar-refractivity contribution in [2.24, 2.45) is 0 Å². The molecule has 4 nitrogen and oxygen atoms in total. The van der Waals surface area contributed by atoms with Crippen molar-refractivity contribution in [2.45, 2.75) is 33.0 Å². The maximum absolute atomic E-state index is 5.98. The fraction of sp³-hybridized carbons (Fsp3) is 0.389. The zero-order valence-electron chi connectivity index (χ0n) is 14.1. The third-order valence-electron chi connectivity index (χ3n) is 3.84. The van der Waals surface area contributed by atoms with Crippen LogP contribution in [0.25, 0.3) is 0 Å². The molecule has 5 heteroatoms. The molecular formula is C18H24ClN3O. The summed E-state index contributed by atoms with van der Waals surface area (Å²) < 4.78 is 5.35. The van der Waals surface area contributed by atoms with Gasteiger partial charge in [-0.1, -0.05) is 23.7 Å². The van der Waals surface area contributed by atoms with E-state index in [-0.39, 0.29) is 0 Å². The third kappa shape index (κ3) is 4.85. The lowest BCUT2D eigenvalue weighted by Gasteiger charge is -2.22. The first-order chi connectivity index (χ1) is 11.0. The Balaban J connectivity index is 1.92. The van der Waals surface area contributed by atoms with Crippen molar-refractivity contribution in [3.05, 3.63) is 52.7 Å². The predicted octanol–water partition coefficient (Wildman–Crippen LogP) is 3.88. The number of nitrogens with zero attached hydrogens (tertiary/aromatic N) is 2. The van der Waals surface area contributed by atoms with E-state index in [9.17, 15) is 0 Å². The van der Waals surface area contributed by atoms with Crippen molar-refractivity contribution in [1.29, 1.82) is 0 Å². The van der Waals surface area contributed by atoms with Crippen molar-refractivity contribution >= 4 is 17.4 Å². The number of hydrogen-bond acceptors (Lipinski definition) is 4. The highest BCUT2D eigenvalue weighted by Crippen LogP contribution is 2.23. The van der Waals surface area contributed by atoms with Crippen molar-refractivity contribution in [3.63, 3.8) is 0 Å². The zero-order valence-corrected chi connectivity index (χ0v) is 14.9. The largest absolute Gasteiger partial charge is 0.496 e. The summed E-state index contributed by atoms with van der Waals surface area (Å²) >= 11 is 5.98. The Hall–Kier alpha value is -1.78. The smallest absolute Gasteiger partial charge is 0.128 e. The molecule has 0 unspecified atom stereocenters. The van der Waals surface area contributed by atoms with Gasteiger partial charge in [0.15, 0.2) is 0 Å². The Morgan fingerprint density at radius 1 is 1.22 bits per heavy atom. The molecule has 0 aliphatic heterocycles. The van der Waals surface area contributed by atoms with Gasteiger partial charge in [-0.25, -0.2) is 4.98 Å². The maximum atomic E-state index is 5.98. The molecule has 23 heavy (non-hydrogen) atoms. The second kappa shape index (κ2) is 8.18. The summed E-state index contributed by atoms with van der Waals surface area (Å²) in [5.41, 5.74) is 2.24. The van der Waals surface area contributed by atoms with E-state index in [4.69, 9.17) is 16.3 Å². The van der Waals surface area contributed by atoms with Crippen LogP contribution in [-0.4, -0.2) is 25.2 Å². The predicted molar refractivity (Wildman–Crippen MR) is 96.3 cm³/mol. The van der Waals surface area contributed by atoms with Gasteiger partial charge in [0, 0.05) is 43.0 Å². The normalized spacial score (nSPS) is 10.9. The maximum Gasteiger partial charge on any atom is 0.128 e. The van der Waals surface area contributed by atoms with Crippen LogP contribution in [0.4, 0.5) is 5.82 Å². The fourth-order valence-electron chi connectivity index (χ4n) is 2.20. The van der Waals surface area contributed by atoms with E-state index in [1.54, 1.807) is 7.11 Å². The quantitative estimate of drug-likeness (QED) is 0.834. The molecular weight excluding hydrogens is 310 g/mol. The van der Waals surface area contributed by atoms with Gasteiger partial charge in [0.2, 0.25) is 0 Å². The number of benzene rings is 1. The average Bonchev–Trinajstić information content (AvgIpc) is 2.56. The van der Waals surface area contributed by atoms with Crippen LogP contribution in [-0.2, 0) is 13.1 Å². The van der Waals surface area contributed by atoms with E-state index in [1.807, 2.05) is 24.4 Å². The molecule has 0 amide bonds. The average molecular weight is 334 g/mol. The topological polar surface area (TPSA) is 37.4 Å². The molecule has 2 rings (SSSR count). The number of pyridine rings is 1. The molecule has 1 heterocycles. The lowest BCUT2D eigenvalue weighted by molar-refractivity contribution is 0.407. The summed E-state index contributed by atoms with van der Waals surface area (Å²) in [4.78, 5) is 6.66. The number of anilines is 1. The minimum Gasteiger partial charge on any atom is -0.496 e. The Kier molecular flexibility index (Phi) is 6.25. The Morgan fingerprint density at radius 3 is 2.61 bits per heavy atom. The minimum absolute atomic E-state index is 0.434. The number of aromatic nitrogens is 1. The van der Waals surface area contributed by atoms with Crippen LogP contribution in [0.3, 0.4) is 0 Å². The van der Waals surface area contributed by atoms with Gasteiger partial charge in [-0.05, 0) is 37.6 Å². The summed E-state index contributed by atoms with van der Waals surface area (Å²) in [7, 11) is 3.71. The van der Waals surface area contributed by atoms with Crippen molar-refractivity contribution < 1.29 is 4.74 Å². The number of ether oxygens (including phenoxy) is 1. The molecule has 0 spiro atoms. The molecule has 0 fully saturated rings. The van der Waals surface area contributed by atoms with Crippen LogP contribution in [0.5, 0.6) is 5.75 Å². The first kappa shape index (κ1) is 17.6. The monoisotopic (exact) mass is 333 g/mol. The summed E-state index contributed by atoms with van der Waals surface area (Å²) in [6.07, 6.45) is 1.92. The number of hydrogen-bond donors (Lipinski definition) is 1. The summed E-state index contributed by atoms with van der Waals surface area (Å²) in [5.74, 6) is 1.79. The van der Waals surface area contributed by atoms with E-state index >= 15 is 0 Å². The number of methoxy groups -OCH3 is 1. The van der Waals surface area contributed by atoms with Gasteiger partial charge in [0.05, 0.1) is 7.11 Å². The standard InChI is InChI=1S/C18H24ClN3O/c1-13(2)22(3)18-8-5-14(11-21-18)10-20-12-15-6-7-16(19)9-17(15)23-4/h5-9,11,13,20H,10,12H2,1-4H3. The highest BCUT2D eigenvalue weighted by Gasteiger charge is 2.06. The third-order valence-corrected chi connectivity index (χ3v) is 4.07. The number of nitrogens with one attached hydrogen (secondary N) is 1. The van der Waals surface area contributed by atoms with E-state index < -0.39 is 0 Å². The van der Waals surface area contributed by atoms with Crippen molar-refractivity contribution in [1.82, 2.24) is 10.3 Å². The first-order valence-corrected chi connectivity index (χ1v) is 8.10. The lowest BCUT2D eigenvalue weighted by atomic mass is 10.2. The summed E-state index contributed by atoms with van der Waals surface area (Å²) in [5, 5.41) is 4.09. The van der Waals surface area contributed by atoms with Gasteiger partial charge >= 0.3 is 0 Å². The molecule has 1 N–H and O–H groups in total. The van der Waals surface area contributed by atoms with Crippen LogP contribution in [0.15, 0.2) is 36.5 Å². The van der Waals surface area contributed by atoms with Crippen molar-refractivity contribution in [3.8, 4) is 5.75 Å². The Labute approximate surface area is 143 Å². The molecule has 0 saturated heterocycles. The zero-order chi connectivity index (χ0) is 16.8. The highest BCUT2D eigenvalue weighted by molar-refractivity contribution is 6.30. The highest BCUT2D eigenvalue weighted by atomic mass is 35.5. The van der Waals surface area contributed by atoms with Crippen LogP contribution < -0.4 is 15.0 Å². The molecule has 0 radical (unpaired) electrons. The first-order valence-electron chi connectivity index (χ1n) is 7.72. The molecule has 1 aromatic heterocycles. The molecule has 2 aromatic rings. The van der Waals surface area contributed by atoms with Crippen LogP contribution in [0.1, 0.15) is 25.0 Å². The van der Waals surface area contributed by atoms with Gasteiger partial charge in [0.1, 0.15) is 11.6 Å². The molecule has 0 aliphatic carbocycles. The summed E-state index contributed by atoms with van der Waals surface area (Å²) in [6, 6.07) is 10.3. The minimum atomic E-state index is 0.434. The molecule has 0 atom stereocenters. The van der Waals surface area contributed by atoms with Crippen LogP contribution in [0.2, 0.25) is 5.02 Å². The second-order valence-corrected chi connectivity index (χ2v) is 6.23. The van der Waals surface area contributed by atoms with Gasteiger partial charge < -0.3 is 15.0 Å². The fourth-order valence-corrected chi connectivity index (χ4v) is 2.36. The van der Waals surface area contributed by atoms with Crippen LogP contribution in [0, 0.1) is 0 Å². The molecule has 0 saturated carbocycles. The molecule has 0 bridgehead atoms. The number of halogens is 1.